The van der Waals surface area contributed by atoms with Crippen LogP contribution in [0.3, 0.4) is 0 Å². The molecule has 0 bridgehead atoms. The van der Waals surface area contributed by atoms with Gasteiger partial charge in [0.2, 0.25) is 0 Å². The van der Waals surface area contributed by atoms with Gasteiger partial charge in [-0.1, -0.05) is 11.6 Å². The van der Waals surface area contributed by atoms with Gasteiger partial charge in [-0.3, -0.25) is 0 Å². The highest BCUT2D eigenvalue weighted by atomic mass is 35.5. The summed E-state index contributed by atoms with van der Waals surface area (Å²) in [5, 5.41) is 3.66. The third-order valence-electron chi connectivity index (χ3n) is 2.61. The molecule has 0 spiro atoms. The van der Waals surface area contributed by atoms with Crippen molar-refractivity contribution in [2.24, 2.45) is 0 Å². The fourth-order valence-corrected chi connectivity index (χ4v) is 1.85. The van der Waals surface area contributed by atoms with Crippen LogP contribution in [0.15, 0.2) is 24.4 Å². The Labute approximate surface area is 111 Å². The van der Waals surface area contributed by atoms with Gasteiger partial charge in [0.25, 0.3) is 0 Å². The third kappa shape index (κ3) is 2.38. The zero-order chi connectivity index (χ0) is 13.1. The number of benzene rings is 1. The molecule has 0 amide bonds. The smallest absolute Gasteiger partial charge is 0.165 e. The van der Waals surface area contributed by atoms with E-state index in [4.69, 9.17) is 16.3 Å². The number of aryl methyl sites for hydroxylation is 1. The van der Waals surface area contributed by atoms with Gasteiger partial charge < -0.3 is 10.1 Å². The van der Waals surface area contributed by atoms with Gasteiger partial charge in [0, 0.05) is 23.8 Å². The second kappa shape index (κ2) is 5.23. The number of anilines is 1. The summed E-state index contributed by atoms with van der Waals surface area (Å²) in [5.41, 5.74) is 1.77. The predicted octanol–water partition coefficient (Wildman–Crippen LogP) is 3.16. The molecule has 0 aliphatic carbocycles. The van der Waals surface area contributed by atoms with E-state index in [1.165, 1.54) is 0 Å². The van der Waals surface area contributed by atoms with Crippen molar-refractivity contribution in [1.29, 1.82) is 0 Å². The molecule has 1 aromatic heterocycles. The topological polar surface area (TPSA) is 47.0 Å². The SMILES string of the molecule is CNc1nc(-c2cc(Cl)ccc2OC)ncc1C. The number of nitrogens with zero attached hydrogens (tertiary/aromatic N) is 2. The van der Waals surface area contributed by atoms with Crippen LogP contribution < -0.4 is 10.1 Å². The number of nitrogens with one attached hydrogen (secondary N) is 1. The minimum absolute atomic E-state index is 0.587. The van der Waals surface area contributed by atoms with E-state index in [0.29, 0.717) is 16.6 Å². The number of hydrogen-bond acceptors (Lipinski definition) is 4. The highest BCUT2D eigenvalue weighted by molar-refractivity contribution is 6.30. The number of methoxy groups -OCH3 is 1. The Hall–Kier alpha value is -1.81. The minimum Gasteiger partial charge on any atom is -0.496 e. The molecule has 18 heavy (non-hydrogen) atoms. The highest BCUT2D eigenvalue weighted by Gasteiger charge is 2.11. The van der Waals surface area contributed by atoms with Crippen molar-refractivity contribution in [3.8, 4) is 17.1 Å². The van der Waals surface area contributed by atoms with Gasteiger partial charge in [0.15, 0.2) is 5.82 Å². The lowest BCUT2D eigenvalue weighted by Crippen LogP contribution is -2.00. The Morgan fingerprint density at radius 3 is 2.78 bits per heavy atom. The van der Waals surface area contributed by atoms with Crippen molar-refractivity contribution in [3.63, 3.8) is 0 Å². The van der Waals surface area contributed by atoms with Gasteiger partial charge in [-0.05, 0) is 25.1 Å². The van der Waals surface area contributed by atoms with E-state index >= 15 is 0 Å². The van der Waals surface area contributed by atoms with Gasteiger partial charge in [-0.25, -0.2) is 9.97 Å². The molecule has 4 nitrogen and oxygen atoms in total. The Bertz CT molecular complexity index is 572. The van der Waals surface area contributed by atoms with E-state index < -0.39 is 0 Å². The third-order valence-corrected chi connectivity index (χ3v) is 2.85. The molecule has 0 atom stereocenters. The summed E-state index contributed by atoms with van der Waals surface area (Å²) in [7, 11) is 3.44. The molecule has 2 aromatic rings. The molecular weight excluding hydrogens is 250 g/mol. The minimum atomic E-state index is 0.587. The predicted molar refractivity (Wildman–Crippen MR) is 73.3 cm³/mol. The molecule has 0 radical (unpaired) electrons. The second-order valence-electron chi connectivity index (χ2n) is 3.82. The lowest BCUT2D eigenvalue weighted by atomic mass is 10.2. The average Bonchev–Trinajstić information content (AvgIpc) is 2.39. The van der Waals surface area contributed by atoms with Crippen LogP contribution in [-0.4, -0.2) is 24.1 Å². The summed E-state index contributed by atoms with van der Waals surface area (Å²) in [6.07, 6.45) is 1.77. The van der Waals surface area contributed by atoms with Gasteiger partial charge >= 0.3 is 0 Å². The van der Waals surface area contributed by atoms with Crippen LogP contribution in [0.2, 0.25) is 5.02 Å². The van der Waals surface area contributed by atoms with E-state index in [0.717, 1.165) is 16.9 Å². The normalized spacial score (nSPS) is 10.2. The van der Waals surface area contributed by atoms with Gasteiger partial charge in [0.05, 0.1) is 12.7 Å². The van der Waals surface area contributed by atoms with Crippen molar-refractivity contribution in [3.05, 3.63) is 35.0 Å². The molecule has 0 unspecified atom stereocenters. The fraction of sp³-hybridized carbons (Fsp3) is 0.231. The maximum absolute atomic E-state index is 6.00. The van der Waals surface area contributed by atoms with E-state index in [1.54, 1.807) is 31.5 Å². The Morgan fingerprint density at radius 1 is 1.33 bits per heavy atom. The lowest BCUT2D eigenvalue weighted by Gasteiger charge is -2.10. The summed E-state index contributed by atoms with van der Waals surface area (Å²) in [6, 6.07) is 5.38. The van der Waals surface area contributed by atoms with E-state index in [2.05, 4.69) is 15.3 Å². The molecule has 0 saturated heterocycles. The molecule has 5 heteroatoms. The largest absolute Gasteiger partial charge is 0.496 e. The Balaban J connectivity index is 2.57. The number of rotatable bonds is 3. The van der Waals surface area contributed by atoms with Crippen LogP contribution >= 0.6 is 11.6 Å². The molecule has 94 valence electrons. The van der Waals surface area contributed by atoms with Crippen molar-refractivity contribution in [1.82, 2.24) is 9.97 Å². The van der Waals surface area contributed by atoms with Gasteiger partial charge in [0.1, 0.15) is 11.6 Å². The van der Waals surface area contributed by atoms with Crippen LogP contribution in [0, 0.1) is 6.92 Å². The van der Waals surface area contributed by atoms with Crippen LogP contribution in [0.1, 0.15) is 5.56 Å². The number of ether oxygens (including phenoxy) is 1. The summed E-state index contributed by atoms with van der Waals surface area (Å²) in [6.45, 7) is 1.95. The first-order valence-electron chi connectivity index (χ1n) is 5.51. The molecule has 1 N–H and O–H groups in total. The molecule has 1 aromatic carbocycles. The molecule has 0 fully saturated rings. The van der Waals surface area contributed by atoms with Crippen molar-refractivity contribution < 1.29 is 4.74 Å². The Morgan fingerprint density at radius 2 is 2.11 bits per heavy atom. The van der Waals surface area contributed by atoms with Crippen LogP contribution in [0.25, 0.3) is 11.4 Å². The molecule has 0 aliphatic rings. The fourth-order valence-electron chi connectivity index (χ4n) is 1.68. The van der Waals surface area contributed by atoms with E-state index in [9.17, 15) is 0 Å². The first-order chi connectivity index (χ1) is 8.65. The summed E-state index contributed by atoms with van der Waals surface area (Å²) in [4.78, 5) is 8.77. The summed E-state index contributed by atoms with van der Waals surface area (Å²) < 4.78 is 5.30. The monoisotopic (exact) mass is 263 g/mol. The Kier molecular flexibility index (Phi) is 3.67. The first kappa shape index (κ1) is 12.6. The molecule has 0 saturated carbocycles. The zero-order valence-corrected chi connectivity index (χ0v) is 11.2. The number of aromatic nitrogens is 2. The zero-order valence-electron chi connectivity index (χ0n) is 10.5. The second-order valence-corrected chi connectivity index (χ2v) is 4.26. The summed E-state index contributed by atoms with van der Waals surface area (Å²) in [5.74, 6) is 2.08. The molecule has 1 heterocycles. The standard InChI is InChI=1S/C13H14ClN3O/c1-8-7-16-13(17-12(8)15-2)10-6-9(14)4-5-11(10)18-3/h4-7H,1-3H3,(H,15,16,17). The number of hydrogen-bond donors (Lipinski definition) is 1. The van der Waals surface area contributed by atoms with Gasteiger partial charge in [-0.15, -0.1) is 0 Å². The molecule has 0 aliphatic heterocycles. The van der Waals surface area contributed by atoms with Crippen LogP contribution in [0.5, 0.6) is 5.75 Å². The van der Waals surface area contributed by atoms with E-state index in [1.807, 2.05) is 14.0 Å². The molecular formula is C13H14ClN3O. The van der Waals surface area contributed by atoms with Crippen LogP contribution in [0.4, 0.5) is 5.82 Å². The summed E-state index contributed by atoms with van der Waals surface area (Å²) >= 11 is 6.00. The van der Waals surface area contributed by atoms with Crippen molar-refractivity contribution in [2.75, 3.05) is 19.5 Å². The maximum atomic E-state index is 6.00. The highest BCUT2D eigenvalue weighted by Crippen LogP contribution is 2.31. The first-order valence-corrected chi connectivity index (χ1v) is 5.89. The molecule has 2 rings (SSSR count). The van der Waals surface area contributed by atoms with Gasteiger partial charge in [-0.2, -0.15) is 0 Å². The van der Waals surface area contributed by atoms with Crippen molar-refractivity contribution >= 4 is 17.4 Å². The average molecular weight is 264 g/mol. The van der Waals surface area contributed by atoms with Crippen LogP contribution in [-0.2, 0) is 0 Å². The quantitative estimate of drug-likeness (QED) is 0.924. The lowest BCUT2D eigenvalue weighted by molar-refractivity contribution is 0.416. The number of halogens is 1. The van der Waals surface area contributed by atoms with Crippen molar-refractivity contribution in [2.45, 2.75) is 6.92 Å². The maximum Gasteiger partial charge on any atom is 0.165 e. The van der Waals surface area contributed by atoms with E-state index in [-0.39, 0.29) is 0 Å².